The number of hydrogen-bond donors (Lipinski definition) is 0. The van der Waals surface area contributed by atoms with Crippen LogP contribution >= 0.6 is 10.7 Å². The van der Waals surface area contributed by atoms with Crippen molar-refractivity contribution in [2.24, 2.45) is 0 Å². The molecule has 1 amide bonds. The molecule has 0 bridgehead atoms. The van der Waals surface area contributed by atoms with Crippen LogP contribution in [0.15, 0.2) is 23.1 Å². The molecule has 0 saturated heterocycles. The summed E-state index contributed by atoms with van der Waals surface area (Å²) < 4.78 is 28.0. The molecule has 1 unspecified atom stereocenters. The number of carbonyl (C=O) groups excluding carboxylic acids is 1. The molecule has 0 aromatic heterocycles. The second-order valence-corrected chi connectivity index (χ2v) is 7.40. The summed E-state index contributed by atoms with van der Waals surface area (Å²) in [7, 11) is 4.56. The number of halogens is 1. The van der Waals surface area contributed by atoms with Gasteiger partial charge in [0.2, 0.25) is 5.91 Å². The molecule has 0 aliphatic heterocycles. The van der Waals surface area contributed by atoms with Crippen molar-refractivity contribution in [1.82, 2.24) is 4.90 Å². The Labute approximate surface area is 130 Å². The molecule has 1 rings (SSSR count). The van der Waals surface area contributed by atoms with E-state index in [2.05, 4.69) is 0 Å². The summed E-state index contributed by atoms with van der Waals surface area (Å²) >= 11 is 0. The average molecular weight is 334 g/mol. The van der Waals surface area contributed by atoms with E-state index in [9.17, 15) is 13.2 Å². The molecule has 0 fully saturated rings. The molecular formula is C14H20ClNO4S. The van der Waals surface area contributed by atoms with E-state index in [1.807, 2.05) is 13.8 Å². The standard InChI is InChI=1S/C14H20ClNO4S/c1-5-10(2)16(3)14(17)9-11-6-7-12(20-4)13(8-11)21(15,18)19/h6-8,10H,5,9H2,1-4H3. The first-order chi connectivity index (χ1) is 9.70. The smallest absolute Gasteiger partial charge is 0.264 e. The lowest BCUT2D eigenvalue weighted by Gasteiger charge is -2.24. The molecule has 0 aliphatic carbocycles. The molecule has 5 nitrogen and oxygen atoms in total. The van der Waals surface area contributed by atoms with Gasteiger partial charge in [-0.1, -0.05) is 13.0 Å². The Balaban J connectivity index is 3.03. The fourth-order valence-corrected chi connectivity index (χ4v) is 2.89. The van der Waals surface area contributed by atoms with E-state index in [0.717, 1.165) is 6.42 Å². The van der Waals surface area contributed by atoms with Gasteiger partial charge in [-0.15, -0.1) is 0 Å². The number of amides is 1. The van der Waals surface area contributed by atoms with Crippen LogP contribution in [0.25, 0.3) is 0 Å². The van der Waals surface area contributed by atoms with Gasteiger partial charge in [-0.05, 0) is 31.0 Å². The molecule has 1 aromatic rings. The highest BCUT2D eigenvalue weighted by Gasteiger charge is 2.19. The van der Waals surface area contributed by atoms with Gasteiger partial charge in [0.25, 0.3) is 9.05 Å². The van der Waals surface area contributed by atoms with Crippen LogP contribution in [0.2, 0.25) is 0 Å². The predicted octanol–water partition coefficient (Wildman–Crippen LogP) is 2.42. The highest BCUT2D eigenvalue weighted by Crippen LogP contribution is 2.28. The molecule has 21 heavy (non-hydrogen) atoms. The van der Waals surface area contributed by atoms with Gasteiger partial charge < -0.3 is 9.64 Å². The largest absolute Gasteiger partial charge is 0.495 e. The molecule has 1 aromatic carbocycles. The molecule has 0 N–H and O–H groups in total. The number of nitrogens with zero attached hydrogens (tertiary/aromatic N) is 1. The van der Waals surface area contributed by atoms with Gasteiger partial charge in [-0.2, -0.15) is 0 Å². The van der Waals surface area contributed by atoms with Crippen LogP contribution in [0.3, 0.4) is 0 Å². The Morgan fingerprint density at radius 2 is 2.05 bits per heavy atom. The minimum absolute atomic E-state index is 0.0764. The van der Waals surface area contributed by atoms with Crippen molar-refractivity contribution >= 4 is 25.6 Å². The second-order valence-electron chi connectivity index (χ2n) is 4.86. The summed E-state index contributed by atoms with van der Waals surface area (Å²) in [6, 6.07) is 4.67. The normalized spacial score (nSPS) is 12.8. The van der Waals surface area contributed by atoms with Gasteiger partial charge in [0.15, 0.2) is 0 Å². The maximum atomic E-state index is 12.1. The van der Waals surface area contributed by atoms with Crippen LogP contribution in [0, 0.1) is 0 Å². The molecule has 0 spiro atoms. The van der Waals surface area contributed by atoms with Crippen molar-refractivity contribution < 1.29 is 17.9 Å². The average Bonchev–Trinajstić information content (AvgIpc) is 2.44. The molecule has 118 valence electrons. The number of likely N-dealkylation sites (N-methyl/N-ethyl adjacent to an activating group) is 1. The molecule has 0 heterocycles. The second kappa shape index (κ2) is 7.13. The van der Waals surface area contributed by atoms with Crippen molar-refractivity contribution in [2.75, 3.05) is 14.2 Å². The number of ether oxygens (including phenoxy) is 1. The lowest BCUT2D eigenvalue weighted by Crippen LogP contribution is -2.35. The van der Waals surface area contributed by atoms with Crippen LogP contribution in [-0.2, 0) is 20.3 Å². The summed E-state index contributed by atoms with van der Waals surface area (Å²) in [5, 5.41) is 0. The van der Waals surface area contributed by atoms with E-state index < -0.39 is 9.05 Å². The van der Waals surface area contributed by atoms with Crippen LogP contribution in [-0.4, -0.2) is 39.4 Å². The van der Waals surface area contributed by atoms with Gasteiger partial charge in [0.1, 0.15) is 10.6 Å². The minimum atomic E-state index is -3.92. The number of benzene rings is 1. The summed E-state index contributed by atoms with van der Waals surface area (Å²) in [6.07, 6.45) is 0.969. The Morgan fingerprint density at radius 3 is 2.52 bits per heavy atom. The Morgan fingerprint density at radius 1 is 1.43 bits per heavy atom. The fraction of sp³-hybridized carbons (Fsp3) is 0.500. The Bertz CT molecular complexity index is 615. The zero-order valence-corrected chi connectivity index (χ0v) is 14.2. The third-order valence-corrected chi connectivity index (χ3v) is 4.83. The summed E-state index contributed by atoms with van der Waals surface area (Å²) in [4.78, 5) is 13.7. The highest BCUT2D eigenvalue weighted by atomic mass is 35.7. The van der Waals surface area contributed by atoms with Crippen molar-refractivity contribution in [2.45, 2.75) is 37.6 Å². The first-order valence-corrected chi connectivity index (χ1v) is 8.88. The van der Waals surface area contributed by atoms with Crippen LogP contribution in [0.1, 0.15) is 25.8 Å². The zero-order valence-electron chi connectivity index (χ0n) is 12.6. The van der Waals surface area contributed by atoms with E-state index in [4.69, 9.17) is 15.4 Å². The number of methoxy groups -OCH3 is 1. The van der Waals surface area contributed by atoms with Crippen molar-refractivity contribution in [3.63, 3.8) is 0 Å². The number of hydrogen-bond acceptors (Lipinski definition) is 4. The molecule has 0 aliphatic rings. The quantitative estimate of drug-likeness (QED) is 0.750. The molecule has 0 saturated carbocycles. The summed E-state index contributed by atoms with van der Waals surface area (Å²) in [6.45, 7) is 3.96. The monoisotopic (exact) mass is 333 g/mol. The first kappa shape index (κ1) is 17.8. The van der Waals surface area contributed by atoms with E-state index in [0.29, 0.717) is 5.56 Å². The van der Waals surface area contributed by atoms with Crippen LogP contribution in [0.5, 0.6) is 5.75 Å². The van der Waals surface area contributed by atoms with Gasteiger partial charge >= 0.3 is 0 Å². The topological polar surface area (TPSA) is 63.7 Å². The lowest BCUT2D eigenvalue weighted by atomic mass is 10.1. The third-order valence-electron chi connectivity index (χ3n) is 3.49. The SMILES string of the molecule is CCC(C)N(C)C(=O)Cc1ccc(OC)c(S(=O)(=O)Cl)c1. The van der Waals surface area contributed by atoms with E-state index in [1.165, 1.54) is 19.2 Å². The highest BCUT2D eigenvalue weighted by molar-refractivity contribution is 8.13. The zero-order chi connectivity index (χ0) is 16.2. The molecule has 0 radical (unpaired) electrons. The van der Waals surface area contributed by atoms with Crippen LogP contribution in [0.4, 0.5) is 0 Å². The minimum Gasteiger partial charge on any atom is -0.495 e. The first-order valence-electron chi connectivity index (χ1n) is 6.58. The molecule has 1 atom stereocenters. The lowest BCUT2D eigenvalue weighted by molar-refractivity contribution is -0.131. The van der Waals surface area contributed by atoms with Gasteiger partial charge in [-0.3, -0.25) is 4.79 Å². The van der Waals surface area contributed by atoms with Crippen LogP contribution < -0.4 is 4.74 Å². The van der Waals surface area contributed by atoms with E-state index in [1.54, 1.807) is 18.0 Å². The predicted molar refractivity (Wildman–Crippen MR) is 82.3 cm³/mol. The number of carbonyl (C=O) groups is 1. The summed E-state index contributed by atoms with van der Waals surface area (Å²) in [5.41, 5.74) is 0.579. The van der Waals surface area contributed by atoms with Gasteiger partial charge in [0, 0.05) is 23.8 Å². The molecular weight excluding hydrogens is 314 g/mol. The number of rotatable bonds is 6. The van der Waals surface area contributed by atoms with Crippen molar-refractivity contribution in [3.8, 4) is 5.75 Å². The fourth-order valence-electron chi connectivity index (χ4n) is 1.84. The van der Waals surface area contributed by atoms with Crippen molar-refractivity contribution in [3.05, 3.63) is 23.8 Å². The summed E-state index contributed by atoms with van der Waals surface area (Å²) in [5.74, 6) is 0.0870. The Kier molecular flexibility index (Phi) is 6.04. The van der Waals surface area contributed by atoms with E-state index in [-0.39, 0.29) is 29.0 Å². The maximum Gasteiger partial charge on any atom is 0.264 e. The van der Waals surface area contributed by atoms with Gasteiger partial charge in [0.05, 0.1) is 13.5 Å². The maximum absolute atomic E-state index is 12.1. The third kappa shape index (κ3) is 4.61. The van der Waals surface area contributed by atoms with E-state index >= 15 is 0 Å². The molecule has 7 heteroatoms. The van der Waals surface area contributed by atoms with Crippen molar-refractivity contribution in [1.29, 1.82) is 0 Å². The van der Waals surface area contributed by atoms with Gasteiger partial charge in [-0.25, -0.2) is 8.42 Å². The Hall–Kier alpha value is -1.27.